The zero-order valence-corrected chi connectivity index (χ0v) is 29.5. The van der Waals surface area contributed by atoms with Crippen LogP contribution in [0.15, 0.2) is 199 Å². The van der Waals surface area contributed by atoms with E-state index in [1.165, 1.54) is 31.3 Å². The van der Waals surface area contributed by atoms with Crippen LogP contribution in [-0.4, -0.2) is 4.98 Å². The lowest BCUT2D eigenvalue weighted by Gasteiger charge is -2.26. The Labute approximate surface area is 311 Å². The maximum Gasteiger partial charge on any atom is 0.227 e. The van der Waals surface area contributed by atoms with Crippen LogP contribution in [-0.2, 0) is 0 Å². The Balaban J connectivity index is 1.11. The predicted molar refractivity (Wildman–Crippen MR) is 223 cm³/mol. The van der Waals surface area contributed by atoms with Gasteiger partial charge < -0.3 is 9.32 Å². The van der Waals surface area contributed by atoms with Gasteiger partial charge in [0.25, 0.3) is 0 Å². The number of hydrogen-bond acceptors (Lipinski definition) is 4. The predicted octanol–water partition coefficient (Wildman–Crippen LogP) is 14.3. The van der Waals surface area contributed by atoms with Gasteiger partial charge in [0.15, 0.2) is 5.58 Å². The van der Waals surface area contributed by atoms with Crippen LogP contribution < -0.4 is 4.90 Å². The van der Waals surface area contributed by atoms with Crippen LogP contribution in [0.3, 0.4) is 0 Å². The molecule has 2 heterocycles. The van der Waals surface area contributed by atoms with E-state index in [2.05, 4.69) is 163 Å². The van der Waals surface area contributed by atoms with Gasteiger partial charge in [0, 0.05) is 43.5 Å². The first kappa shape index (κ1) is 31.0. The van der Waals surface area contributed by atoms with Crippen molar-refractivity contribution in [3.8, 4) is 44.8 Å². The molecule has 0 N–H and O–H groups in total. The van der Waals surface area contributed by atoms with E-state index in [4.69, 9.17) is 9.40 Å². The molecule has 0 aliphatic heterocycles. The summed E-state index contributed by atoms with van der Waals surface area (Å²) in [4.78, 5) is 7.45. The zero-order valence-electron chi connectivity index (χ0n) is 28.7. The van der Waals surface area contributed by atoms with Gasteiger partial charge in [0.1, 0.15) is 5.52 Å². The number of oxazole rings is 1. The summed E-state index contributed by atoms with van der Waals surface area (Å²) >= 11 is 1.85. The molecule has 0 aliphatic rings. The summed E-state index contributed by atoms with van der Waals surface area (Å²) in [6.07, 6.45) is 0. The van der Waals surface area contributed by atoms with Crippen molar-refractivity contribution in [1.29, 1.82) is 0 Å². The quantitative estimate of drug-likeness (QED) is 0.166. The van der Waals surface area contributed by atoms with Crippen molar-refractivity contribution in [3.05, 3.63) is 194 Å². The summed E-state index contributed by atoms with van der Waals surface area (Å²) < 4.78 is 9.17. The smallest absolute Gasteiger partial charge is 0.227 e. The maximum atomic E-state index is 6.62. The van der Waals surface area contributed by atoms with Crippen LogP contribution in [0.25, 0.3) is 76.1 Å². The normalized spacial score (nSPS) is 11.4. The highest BCUT2D eigenvalue weighted by Crippen LogP contribution is 2.46. The first-order valence-electron chi connectivity index (χ1n) is 17.8. The van der Waals surface area contributed by atoms with Crippen LogP contribution in [0.4, 0.5) is 17.1 Å². The topological polar surface area (TPSA) is 29.3 Å². The van der Waals surface area contributed by atoms with E-state index in [9.17, 15) is 0 Å². The highest BCUT2D eigenvalue weighted by atomic mass is 32.1. The molecule has 0 spiro atoms. The van der Waals surface area contributed by atoms with E-state index in [0.29, 0.717) is 5.89 Å². The number of thiophene rings is 1. The summed E-state index contributed by atoms with van der Waals surface area (Å²) in [6.45, 7) is 0. The van der Waals surface area contributed by atoms with E-state index in [1.807, 2.05) is 47.7 Å². The average Bonchev–Trinajstić information content (AvgIpc) is 3.86. The number of benzene rings is 8. The number of fused-ring (bicyclic) bond motifs is 4. The molecule has 0 bridgehead atoms. The van der Waals surface area contributed by atoms with Crippen molar-refractivity contribution in [1.82, 2.24) is 4.98 Å². The average molecular weight is 697 g/mol. The molecular formula is C49H32N2OS. The fourth-order valence-electron chi connectivity index (χ4n) is 7.35. The number of nitrogens with zero attached hydrogens (tertiary/aromatic N) is 2. The second kappa shape index (κ2) is 13.1. The lowest BCUT2D eigenvalue weighted by atomic mass is 9.98. The largest absolute Gasteiger partial charge is 0.435 e. The molecule has 53 heavy (non-hydrogen) atoms. The number of hydrogen-bond donors (Lipinski definition) is 0. The molecule has 10 rings (SSSR count). The van der Waals surface area contributed by atoms with Crippen molar-refractivity contribution < 1.29 is 4.42 Å². The minimum Gasteiger partial charge on any atom is -0.435 e. The molecule has 0 aliphatic carbocycles. The lowest BCUT2D eigenvalue weighted by molar-refractivity contribution is 0.621. The summed E-state index contributed by atoms with van der Waals surface area (Å²) in [7, 11) is 0. The third kappa shape index (κ3) is 5.57. The van der Waals surface area contributed by atoms with Gasteiger partial charge in [-0.3, -0.25) is 0 Å². The number of anilines is 3. The molecule has 8 aromatic carbocycles. The van der Waals surface area contributed by atoms with Crippen LogP contribution >= 0.6 is 11.3 Å². The zero-order chi connectivity index (χ0) is 35.1. The molecule has 2 aromatic heterocycles. The molecule has 0 saturated heterocycles. The minimum atomic E-state index is 0.614. The molecule has 0 atom stereocenters. The highest BCUT2D eigenvalue weighted by molar-refractivity contribution is 7.26. The van der Waals surface area contributed by atoms with E-state index >= 15 is 0 Å². The van der Waals surface area contributed by atoms with E-state index < -0.39 is 0 Å². The highest BCUT2D eigenvalue weighted by Gasteiger charge is 2.20. The molecule has 0 saturated carbocycles. The Kier molecular flexibility index (Phi) is 7.67. The summed E-state index contributed by atoms with van der Waals surface area (Å²) in [5.74, 6) is 0.614. The van der Waals surface area contributed by atoms with Gasteiger partial charge in [0.2, 0.25) is 5.89 Å². The Bertz CT molecular complexity index is 2860. The van der Waals surface area contributed by atoms with Crippen molar-refractivity contribution in [2.45, 2.75) is 0 Å². The van der Waals surface area contributed by atoms with Crippen LogP contribution in [0.1, 0.15) is 0 Å². The molecule has 0 amide bonds. The summed E-state index contributed by atoms with van der Waals surface area (Å²) in [5.41, 5.74) is 12.5. The summed E-state index contributed by atoms with van der Waals surface area (Å²) in [6, 6.07) is 68.5. The molecule has 0 unspecified atom stereocenters. The molecule has 4 heteroatoms. The second-order valence-corrected chi connectivity index (χ2v) is 14.2. The van der Waals surface area contributed by atoms with Crippen LogP contribution in [0.5, 0.6) is 0 Å². The van der Waals surface area contributed by atoms with E-state index in [1.54, 1.807) is 0 Å². The molecule has 0 radical (unpaired) electrons. The molecule has 0 fully saturated rings. The van der Waals surface area contributed by atoms with Gasteiger partial charge in [-0.15, -0.1) is 11.3 Å². The Morgan fingerprint density at radius 3 is 1.64 bits per heavy atom. The first-order chi connectivity index (χ1) is 26.3. The molecular weight excluding hydrogens is 665 g/mol. The van der Waals surface area contributed by atoms with Crippen molar-refractivity contribution >= 4 is 59.7 Å². The Morgan fingerprint density at radius 2 is 0.943 bits per heavy atom. The van der Waals surface area contributed by atoms with E-state index in [-0.39, 0.29) is 0 Å². The van der Waals surface area contributed by atoms with Gasteiger partial charge >= 0.3 is 0 Å². The van der Waals surface area contributed by atoms with Crippen molar-refractivity contribution in [2.24, 2.45) is 0 Å². The number of aromatic nitrogens is 1. The molecule has 250 valence electrons. The van der Waals surface area contributed by atoms with Crippen molar-refractivity contribution in [2.75, 3.05) is 4.90 Å². The Morgan fingerprint density at radius 1 is 0.415 bits per heavy atom. The van der Waals surface area contributed by atoms with Gasteiger partial charge in [-0.25, -0.2) is 4.98 Å². The summed E-state index contributed by atoms with van der Waals surface area (Å²) in [5, 5.41) is 2.56. The van der Waals surface area contributed by atoms with Gasteiger partial charge in [-0.2, -0.15) is 0 Å². The number of rotatable bonds is 7. The van der Waals surface area contributed by atoms with Crippen LogP contribution in [0, 0.1) is 0 Å². The maximum absolute atomic E-state index is 6.62. The standard InChI is InChI=1S/C49H32N2OS/c1-4-13-33(14-5-1)34-23-27-38(28-24-34)51(44-21-12-20-43-42-19-10-11-22-45(42)53-48(43)44)39-29-25-36(26-30-39)41-32-31-40(35-15-6-2-7-16-35)46-47(41)52-49(50-46)37-17-8-3-9-18-37/h1-32H. The van der Waals surface area contributed by atoms with E-state index in [0.717, 1.165) is 56.0 Å². The molecule has 10 aromatic rings. The Hall–Kier alpha value is -6.75. The SMILES string of the molecule is c1ccc(-c2ccc(N(c3ccc(-c4ccc(-c5ccccc5)c5nc(-c6ccccc6)oc45)cc3)c3cccc4c3sc3ccccc34)cc2)cc1. The third-order valence-electron chi connectivity index (χ3n) is 9.94. The lowest BCUT2D eigenvalue weighted by Crippen LogP contribution is -2.10. The molecule has 3 nitrogen and oxygen atoms in total. The fraction of sp³-hybridized carbons (Fsp3) is 0. The van der Waals surface area contributed by atoms with Crippen LogP contribution in [0.2, 0.25) is 0 Å². The van der Waals surface area contributed by atoms with Gasteiger partial charge in [0.05, 0.1) is 10.4 Å². The minimum absolute atomic E-state index is 0.614. The van der Waals surface area contributed by atoms with Gasteiger partial charge in [-0.05, 0) is 76.9 Å². The van der Waals surface area contributed by atoms with Crippen molar-refractivity contribution in [3.63, 3.8) is 0 Å². The van der Waals surface area contributed by atoms with Gasteiger partial charge in [-0.1, -0.05) is 140 Å². The fourth-order valence-corrected chi connectivity index (χ4v) is 8.55. The second-order valence-electron chi connectivity index (χ2n) is 13.1. The third-order valence-corrected chi connectivity index (χ3v) is 11.2. The first-order valence-corrected chi connectivity index (χ1v) is 18.6. The monoisotopic (exact) mass is 696 g/mol.